The number of fused-ring (bicyclic) bond motifs is 1. The van der Waals surface area contributed by atoms with E-state index in [1.807, 2.05) is 6.26 Å². The monoisotopic (exact) mass is 284 g/mol. The summed E-state index contributed by atoms with van der Waals surface area (Å²) in [5.41, 5.74) is 1.50. The number of hydrogen-bond donors (Lipinski definition) is 2. The second-order valence-electron chi connectivity index (χ2n) is 3.72. The molecule has 0 saturated carbocycles. The molecule has 1 aromatic heterocycles. The van der Waals surface area contributed by atoms with Gasteiger partial charge < -0.3 is 14.4 Å². The summed E-state index contributed by atoms with van der Waals surface area (Å²) in [5, 5.41) is 0.669. The molecule has 5 nitrogen and oxygen atoms in total. The number of nitrogens with one attached hydrogen (secondary N) is 2. The van der Waals surface area contributed by atoms with E-state index < -0.39 is 5.97 Å². The molecule has 2 aromatic rings. The highest BCUT2D eigenvalue weighted by Gasteiger charge is 2.13. The number of carbonyl (C=O) groups excluding carboxylic acids is 1. The van der Waals surface area contributed by atoms with Crippen molar-refractivity contribution in [1.82, 2.24) is 4.98 Å². The number of rotatable bonds is 5. The molecular weight excluding hydrogens is 271 g/mol. The molecule has 1 heterocycles. The lowest BCUT2D eigenvalue weighted by Crippen LogP contribution is -2.04. The maximum Gasteiger partial charge on any atom is 0.354 e. The third kappa shape index (κ3) is 2.76. The molecule has 0 atom stereocenters. The topological polar surface area (TPSA) is 63.4 Å². The van der Waals surface area contributed by atoms with E-state index >= 15 is 0 Å². The zero-order valence-corrected chi connectivity index (χ0v) is 11.3. The molecular formula is C12H13FN2O3S. The van der Waals surface area contributed by atoms with Crippen molar-refractivity contribution in [1.29, 1.82) is 0 Å². The Morgan fingerprint density at radius 2 is 2.26 bits per heavy atom. The molecule has 0 fully saturated rings. The van der Waals surface area contributed by atoms with Gasteiger partial charge in [-0.05, 0) is 25.1 Å². The molecule has 102 valence electrons. The highest BCUT2D eigenvalue weighted by atomic mass is 32.2. The Balaban J connectivity index is 2.44. The number of H-pyrrole nitrogens is 1. The highest BCUT2D eigenvalue weighted by molar-refractivity contribution is 7.99. The van der Waals surface area contributed by atoms with Crippen molar-refractivity contribution in [3.63, 3.8) is 0 Å². The summed E-state index contributed by atoms with van der Waals surface area (Å²) in [7, 11) is 0. The van der Waals surface area contributed by atoms with Gasteiger partial charge in [0.2, 0.25) is 0 Å². The molecule has 7 heteroatoms. The van der Waals surface area contributed by atoms with E-state index in [1.165, 1.54) is 18.0 Å². The number of hydrogen-bond acceptors (Lipinski definition) is 5. The van der Waals surface area contributed by atoms with Gasteiger partial charge in [-0.15, -0.1) is 0 Å². The zero-order valence-electron chi connectivity index (χ0n) is 10.5. The first-order chi connectivity index (χ1) is 9.19. The molecule has 0 aliphatic heterocycles. The number of anilines is 1. The lowest BCUT2D eigenvalue weighted by atomic mass is 10.2. The minimum Gasteiger partial charge on any atom is -0.461 e. The summed E-state index contributed by atoms with van der Waals surface area (Å²) in [4.78, 5) is 18.3. The van der Waals surface area contributed by atoms with Crippen molar-refractivity contribution >= 4 is 34.5 Å². The molecule has 0 bridgehead atoms. The van der Waals surface area contributed by atoms with Crippen molar-refractivity contribution in [3.05, 3.63) is 23.9 Å². The molecule has 0 amide bonds. The average Bonchev–Trinajstić information content (AvgIpc) is 2.81. The summed E-state index contributed by atoms with van der Waals surface area (Å²) in [6.07, 6.45) is 1.81. The summed E-state index contributed by atoms with van der Waals surface area (Å²) < 4.78 is 20.3. The van der Waals surface area contributed by atoms with Crippen LogP contribution in [0, 0.1) is 0 Å². The van der Waals surface area contributed by atoms with Crippen LogP contribution < -0.4 is 9.66 Å². The SMILES string of the molecule is CCOC(=O)c1cc2cc(OF)c(NSC)cc2[nH]1. The first kappa shape index (κ1) is 13.5. The van der Waals surface area contributed by atoms with Gasteiger partial charge in [0.05, 0.1) is 12.3 Å². The van der Waals surface area contributed by atoms with Crippen molar-refractivity contribution in [2.24, 2.45) is 0 Å². The van der Waals surface area contributed by atoms with E-state index in [-0.39, 0.29) is 5.75 Å². The second-order valence-corrected chi connectivity index (χ2v) is 4.33. The van der Waals surface area contributed by atoms with Crippen LogP contribution >= 0.6 is 11.9 Å². The van der Waals surface area contributed by atoms with Crippen LogP contribution in [0.2, 0.25) is 0 Å². The Morgan fingerprint density at radius 1 is 1.47 bits per heavy atom. The molecule has 0 aliphatic carbocycles. The van der Waals surface area contributed by atoms with Gasteiger partial charge >= 0.3 is 5.97 Å². The average molecular weight is 284 g/mol. The third-order valence-corrected chi connectivity index (χ3v) is 2.94. The quantitative estimate of drug-likeness (QED) is 0.651. The first-order valence-corrected chi connectivity index (χ1v) is 6.83. The van der Waals surface area contributed by atoms with Crippen LogP contribution in [0.15, 0.2) is 18.2 Å². The van der Waals surface area contributed by atoms with Crippen molar-refractivity contribution < 1.29 is 19.0 Å². The van der Waals surface area contributed by atoms with E-state index in [0.29, 0.717) is 28.9 Å². The molecule has 0 unspecified atom stereocenters. The van der Waals surface area contributed by atoms with Crippen LogP contribution in [0.4, 0.5) is 10.2 Å². The minimum atomic E-state index is -0.444. The van der Waals surface area contributed by atoms with Gasteiger partial charge in [0.15, 0.2) is 5.75 Å². The maximum atomic E-state index is 12.5. The Morgan fingerprint density at radius 3 is 2.89 bits per heavy atom. The molecule has 1 aromatic carbocycles. The summed E-state index contributed by atoms with van der Waals surface area (Å²) in [6.45, 7) is 2.03. The smallest absolute Gasteiger partial charge is 0.354 e. The van der Waals surface area contributed by atoms with Crippen molar-refractivity contribution in [2.45, 2.75) is 6.92 Å². The molecule has 2 rings (SSSR count). The fourth-order valence-corrected chi connectivity index (χ4v) is 2.11. The van der Waals surface area contributed by atoms with Gasteiger partial charge in [-0.25, -0.2) is 4.79 Å². The van der Waals surface area contributed by atoms with Crippen LogP contribution in [0.1, 0.15) is 17.4 Å². The van der Waals surface area contributed by atoms with Crippen LogP contribution in [0.25, 0.3) is 10.9 Å². The van der Waals surface area contributed by atoms with E-state index in [2.05, 4.69) is 14.6 Å². The van der Waals surface area contributed by atoms with E-state index in [4.69, 9.17) is 4.74 Å². The van der Waals surface area contributed by atoms with Crippen LogP contribution in [0.3, 0.4) is 0 Å². The Kier molecular flexibility index (Phi) is 4.16. The first-order valence-electron chi connectivity index (χ1n) is 5.61. The van der Waals surface area contributed by atoms with E-state index in [1.54, 1.807) is 19.1 Å². The van der Waals surface area contributed by atoms with Gasteiger partial charge in [0, 0.05) is 21.7 Å². The Hall–Kier alpha value is -1.89. The fourth-order valence-electron chi connectivity index (χ4n) is 1.73. The van der Waals surface area contributed by atoms with Crippen LogP contribution in [0.5, 0.6) is 5.75 Å². The Bertz CT molecular complexity index is 600. The van der Waals surface area contributed by atoms with Gasteiger partial charge in [-0.2, -0.15) is 0 Å². The zero-order chi connectivity index (χ0) is 13.8. The second kappa shape index (κ2) is 5.83. The summed E-state index contributed by atoms with van der Waals surface area (Å²) in [5.74, 6) is -0.378. The maximum absolute atomic E-state index is 12.5. The number of aromatic nitrogens is 1. The van der Waals surface area contributed by atoms with Crippen molar-refractivity contribution in [2.75, 3.05) is 17.6 Å². The fraction of sp³-hybridized carbons (Fsp3) is 0.250. The van der Waals surface area contributed by atoms with Crippen molar-refractivity contribution in [3.8, 4) is 5.75 Å². The van der Waals surface area contributed by atoms with E-state index in [0.717, 1.165) is 0 Å². The molecule has 0 saturated heterocycles. The lowest BCUT2D eigenvalue weighted by Gasteiger charge is -2.05. The summed E-state index contributed by atoms with van der Waals surface area (Å²) >= 11 is 1.31. The molecule has 0 aliphatic rings. The van der Waals surface area contributed by atoms with Gasteiger partial charge in [-0.3, -0.25) is 4.94 Å². The minimum absolute atomic E-state index is 0.0660. The van der Waals surface area contributed by atoms with Crippen LogP contribution in [-0.4, -0.2) is 23.8 Å². The Labute approximate surface area is 113 Å². The third-order valence-electron chi connectivity index (χ3n) is 2.51. The van der Waals surface area contributed by atoms with Gasteiger partial charge in [0.25, 0.3) is 0 Å². The number of carbonyl (C=O) groups is 1. The highest BCUT2D eigenvalue weighted by Crippen LogP contribution is 2.32. The predicted molar refractivity (Wildman–Crippen MR) is 73.1 cm³/mol. The molecule has 19 heavy (non-hydrogen) atoms. The summed E-state index contributed by atoms with van der Waals surface area (Å²) in [6, 6.07) is 4.77. The number of halogens is 1. The van der Waals surface area contributed by atoms with Gasteiger partial charge in [0.1, 0.15) is 5.69 Å². The number of ether oxygens (including phenoxy) is 1. The number of esters is 1. The number of benzene rings is 1. The molecule has 0 spiro atoms. The molecule has 2 N–H and O–H groups in total. The predicted octanol–water partition coefficient (Wildman–Crippen LogP) is 3.30. The lowest BCUT2D eigenvalue weighted by molar-refractivity contribution is -0.00504. The number of aromatic amines is 1. The van der Waals surface area contributed by atoms with E-state index in [9.17, 15) is 9.32 Å². The standard InChI is InChI=1S/C12H13FN2O3S/c1-3-17-12(16)10-4-7-5-11(18-13)9(15-19-2)6-8(7)14-10/h4-6,14-15H,3H2,1-2H3. The molecule has 0 radical (unpaired) electrons. The normalized spacial score (nSPS) is 10.5. The largest absolute Gasteiger partial charge is 0.461 e. The van der Waals surface area contributed by atoms with Gasteiger partial charge in [-0.1, -0.05) is 11.9 Å². The van der Waals surface area contributed by atoms with Crippen LogP contribution in [-0.2, 0) is 4.74 Å².